The Hall–Kier alpha value is -2.10. The van der Waals surface area contributed by atoms with Crippen LogP contribution in [0.15, 0.2) is 60.7 Å². The number of hydrogen-bond donors (Lipinski definition) is 1. The van der Waals surface area contributed by atoms with Gasteiger partial charge < -0.3 is 5.32 Å². The molecule has 0 spiro atoms. The van der Waals surface area contributed by atoms with E-state index in [1.54, 1.807) is 0 Å². The molecule has 3 nitrogen and oxygen atoms in total. The number of halogens is 1. The first-order valence-electron chi connectivity index (χ1n) is 8.67. The quantitative estimate of drug-likeness (QED) is 0.845. The molecular formula is C21H23ClN2O. The molecule has 2 aromatic rings. The number of carbonyl (C=O) groups is 1. The second-order valence-electron chi connectivity index (χ2n) is 6.40. The molecule has 2 aromatic carbocycles. The van der Waals surface area contributed by atoms with Crippen LogP contribution in [0.4, 0.5) is 0 Å². The molecule has 0 aromatic heterocycles. The number of benzene rings is 2. The summed E-state index contributed by atoms with van der Waals surface area (Å²) in [7, 11) is 0. The average Bonchev–Trinajstić information content (AvgIpc) is 3.05. The number of hydrogen-bond acceptors (Lipinski definition) is 2. The van der Waals surface area contributed by atoms with Gasteiger partial charge in [0.2, 0.25) is 5.91 Å². The normalized spacial score (nSPS) is 17.9. The molecule has 0 saturated carbocycles. The summed E-state index contributed by atoms with van der Waals surface area (Å²) in [5, 5.41) is 3.94. The summed E-state index contributed by atoms with van der Waals surface area (Å²) in [5.74, 6) is 0.0803. The minimum atomic E-state index is 0.0803. The number of nitrogens with one attached hydrogen (secondary N) is 1. The molecule has 4 heteroatoms. The van der Waals surface area contributed by atoms with Gasteiger partial charge in [-0.15, -0.1) is 0 Å². The first-order chi connectivity index (χ1) is 12.2. The van der Waals surface area contributed by atoms with E-state index in [0.717, 1.165) is 42.2 Å². The molecule has 0 unspecified atom stereocenters. The summed E-state index contributed by atoms with van der Waals surface area (Å²) in [6.45, 7) is 2.69. The second-order valence-corrected chi connectivity index (χ2v) is 6.80. The summed E-state index contributed by atoms with van der Waals surface area (Å²) in [5.41, 5.74) is 2.25. The number of carbonyl (C=O) groups excluding carboxylic acids is 1. The molecule has 1 heterocycles. The van der Waals surface area contributed by atoms with Crippen LogP contribution in [0.1, 0.15) is 24.0 Å². The van der Waals surface area contributed by atoms with Crippen LogP contribution in [0.2, 0.25) is 5.02 Å². The van der Waals surface area contributed by atoms with E-state index in [1.807, 2.05) is 60.7 Å². The zero-order chi connectivity index (χ0) is 17.5. The van der Waals surface area contributed by atoms with Gasteiger partial charge in [-0.25, -0.2) is 0 Å². The molecule has 3 rings (SSSR count). The van der Waals surface area contributed by atoms with Gasteiger partial charge in [0.15, 0.2) is 0 Å². The van der Waals surface area contributed by atoms with Gasteiger partial charge in [-0.1, -0.05) is 72.3 Å². The fourth-order valence-corrected chi connectivity index (χ4v) is 3.31. The fraction of sp³-hybridized carbons (Fsp3) is 0.286. The summed E-state index contributed by atoms with van der Waals surface area (Å²) in [6.07, 6.45) is 5.30. The van der Waals surface area contributed by atoms with Crippen molar-refractivity contribution in [1.29, 1.82) is 0 Å². The van der Waals surface area contributed by atoms with Gasteiger partial charge in [-0.2, -0.15) is 0 Å². The predicted molar refractivity (Wildman–Crippen MR) is 103 cm³/mol. The zero-order valence-corrected chi connectivity index (χ0v) is 15.0. The van der Waals surface area contributed by atoms with Crippen molar-refractivity contribution in [3.63, 3.8) is 0 Å². The zero-order valence-electron chi connectivity index (χ0n) is 14.2. The number of rotatable bonds is 6. The standard InChI is InChI=1S/C21H23ClN2O/c22-20-11-5-4-10-18(20)15-24-14-13-19(16-24)23-21(25)12-6-9-17-7-2-1-3-8-17/h1-11,19H,12-16H2,(H,23,25)/b9-6+/t19-/m0/s1. The Morgan fingerprint density at radius 2 is 1.92 bits per heavy atom. The van der Waals surface area contributed by atoms with Gasteiger partial charge in [0.25, 0.3) is 0 Å². The maximum atomic E-state index is 12.1. The van der Waals surface area contributed by atoms with Crippen molar-refractivity contribution >= 4 is 23.6 Å². The van der Waals surface area contributed by atoms with Crippen LogP contribution in [0.3, 0.4) is 0 Å². The van der Waals surface area contributed by atoms with Crippen LogP contribution in [0.5, 0.6) is 0 Å². The molecule has 0 aliphatic carbocycles. The summed E-state index contributed by atoms with van der Waals surface area (Å²) in [6, 6.07) is 18.2. The first kappa shape index (κ1) is 17.7. The summed E-state index contributed by atoms with van der Waals surface area (Å²) >= 11 is 6.23. The molecule has 1 aliphatic rings. The highest BCUT2D eigenvalue weighted by Gasteiger charge is 2.23. The Bertz CT molecular complexity index is 730. The maximum Gasteiger partial charge on any atom is 0.224 e. The SMILES string of the molecule is O=C(C/C=C/c1ccccc1)N[C@H]1CCN(Cc2ccccc2Cl)C1. The molecule has 1 saturated heterocycles. The molecular weight excluding hydrogens is 332 g/mol. The second kappa shape index (κ2) is 8.84. The van der Waals surface area contributed by atoms with Crippen LogP contribution in [0.25, 0.3) is 6.08 Å². The molecule has 1 aliphatic heterocycles. The summed E-state index contributed by atoms with van der Waals surface area (Å²) in [4.78, 5) is 14.4. The van der Waals surface area contributed by atoms with Crippen molar-refractivity contribution in [3.8, 4) is 0 Å². The lowest BCUT2D eigenvalue weighted by molar-refractivity contribution is -0.120. The Kier molecular flexibility index (Phi) is 6.26. The Morgan fingerprint density at radius 3 is 2.72 bits per heavy atom. The summed E-state index contributed by atoms with van der Waals surface area (Å²) < 4.78 is 0. The molecule has 0 bridgehead atoms. The van der Waals surface area contributed by atoms with Crippen molar-refractivity contribution in [3.05, 3.63) is 76.8 Å². The first-order valence-corrected chi connectivity index (χ1v) is 9.05. The molecule has 130 valence electrons. The van der Waals surface area contributed by atoms with Crippen LogP contribution in [-0.4, -0.2) is 29.9 Å². The molecule has 1 fully saturated rings. The fourth-order valence-electron chi connectivity index (χ4n) is 3.11. The van der Waals surface area contributed by atoms with E-state index in [1.165, 1.54) is 0 Å². The van der Waals surface area contributed by atoms with Crippen molar-refractivity contribution in [2.24, 2.45) is 0 Å². The largest absolute Gasteiger partial charge is 0.352 e. The van der Waals surface area contributed by atoms with Gasteiger partial charge in [0.1, 0.15) is 0 Å². The molecule has 25 heavy (non-hydrogen) atoms. The monoisotopic (exact) mass is 354 g/mol. The van der Waals surface area contributed by atoms with E-state index in [4.69, 9.17) is 11.6 Å². The van der Waals surface area contributed by atoms with Crippen LogP contribution in [0, 0.1) is 0 Å². The number of amides is 1. The maximum absolute atomic E-state index is 12.1. The van der Waals surface area contributed by atoms with Gasteiger partial charge in [-0.05, 0) is 23.6 Å². The molecule has 1 atom stereocenters. The van der Waals surface area contributed by atoms with E-state index in [0.29, 0.717) is 6.42 Å². The predicted octanol–water partition coefficient (Wildman–Crippen LogP) is 4.13. The Morgan fingerprint density at radius 1 is 1.16 bits per heavy atom. The van der Waals surface area contributed by atoms with Crippen LogP contribution >= 0.6 is 11.6 Å². The minimum absolute atomic E-state index is 0.0803. The lowest BCUT2D eigenvalue weighted by Crippen LogP contribution is -2.36. The molecule has 1 amide bonds. The lowest BCUT2D eigenvalue weighted by Gasteiger charge is -2.17. The minimum Gasteiger partial charge on any atom is -0.352 e. The van der Waals surface area contributed by atoms with Crippen LogP contribution < -0.4 is 5.32 Å². The number of likely N-dealkylation sites (tertiary alicyclic amines) is 1. The van der Waals surface area contributed by atoms with Crippen molar-refractivity contribution in [2.45, 2.75) is 25.4 Å². The van der Waals surface area contributed by atoms with E-state index in [2.05, 4.69) is 16.3 Å². The van der Waals surface area contributed by atoms with E-state index in [-0.39, 0.29) is 11.9 Å². The van der Waals surface area contributed by atoms with Crippen molar-refractivity contribution < 1.29 is 4.79 Å². The van der Waals surface area contributed by atoms with Gasteiger partial charge in [0, 0.05) is 37.1 Å². The number of nitrogens with zero attached hydrogens (tertiary/aromatic N) is 1. The third-order valence-electron chi connectivity index (χ3n) is 4.40. The van der Waals surface area contributed by atoms with E-state index in [9.17, 15) is 4.79 Å². The Balaban J connectivity index is 1.42. The average molecular weight is 355 g/mol. The smallest absolute Gasteiger partial charge is 0.224 e. The van der Waals surface area contributed by atoms with E-state index >= 15 is 0 Å². The topological polar surface area (TPSA) is 32.3 Å². The van der Waals surface area contributed by atoms with E-state index < -0.39 is 0 Å². The molecule has 0 radical (unpaired) electrons. The van der Waals surface area contributed by atoms with Gasteiger partial charge in [-0.3, -0.25) is 9.69 Å². The highest BCUT2D eigenvalue weighted by molar-refractivity contribution is 6.31. The highest BCUT2D eigenvalue weighted by Crippen LogP contribution is 2.20. The Labute approximate surface area is 154 Å². The molecule has 1 N–H and O–H groups in total. The highest BCUT2D eigenvalue weighted by atomic mass is 35.5. The lowest BCUT2D eigenvalue weighted by atomic mass is 10.2. The van der Waals surface area contributed by atoms with Crippen LogP contribution in [-0.2, 0) is 11.3 Å². The third-order valence-corrected chi connectivity index (χ3v) is 4.77. The van der Waals surface area contributed by atoms with Crippen molar-refractivity contribution in [1.82, 2.24) is 10.2 Å². The van der Waals surface area contributed by atoms with Crippen molar-refractivity contribution in [2.75, 3.05) is 13.1 Å². The van der Waals surface area contributed by atoms with Gasteiger partial charge in [0.05, 0.1) is 0 Å². The third kappa shape index (κ3) is 5.45. The van der Waals surface area contributed by atoms with Gasteiger partial charge >= 0.3 is 0 Å².